The quantitative estimate of drug-likeness (QED) is 0.582. The molecule has 2 amide bonds. The van der Waals surface area contributed by atoms with E-state index in [1.807, 2.05) is 25.1 Å². The van der Waals surface area contributed by atoms with Gasteiger partial charge in [-0.2, -0.15) is 0 Å². The number of carbonyl (C=O) groups excluding carboxylic acids is 2. The second kappa shape index (κ2) is 8.88. The maximum atomic E-state index is 12.7. The Morgan fingerprint density at radius 3 is 2.45 bits per heavy atom. The molecule has 7 heteroatoms. The summed E-state index contributed by atoms with van der Waals surface area (Å²) in [6.07, 6.45) is 1.56. The van der Waals surface area contributed by atoms with E-state index >= 15 is 0 Å². The number of pyridine rings is 1. The van der Waals surface area contributed by atoms with E-state index in [-0.39, 0.29) is 11.8 Å². The molecule has 29 heavy (non-hydrogen) atoms. The van der Waals surface area contributed by atoms with Crippen molar-refractivity contribution in [3.05, 3.63) is 71.9 Å². The number of rotatable bonds is 6. The number of hydrogen-bond donors (Lipinski definition) is 3. The molecule has 0 aliphatic carbocycles. The number of ether oxygens (including phenoxy) is 1. The maximum absolute atomic E-state index is 12.7. The van der Waals surface area contributed by atoms with Crippen LogP contribution in [-0.2, 0) is 4.79 Å². The summed E-state index contributed by atoms with van der Waals surface area (Å²) in [5.41, 5.74) is 3.47. The first-order chi connectivity index (χ1) is 13.9. The Labute approximate surface area is 169 Å². The lowest BCUT2D eigenvalue weighted by Gasteiger charge is -2.12. The first kappa shape index (κ1) is 19.9. The Bertz CT molecular complexity index is 1050. The van der Waals surface area contributed by atoms with E-state index in [9.17, 15) is 9.59 Å². The highest BCUT2D eigenvalue weighted by Crippen LogP contribution is 2.28. The van der Waals surface area contributed by atoms with Gasteiger partial charge in [-0.15, -0.1) is 0 Å². The lowest BCUT2D eigenvalue weighted by Crippen LogP contribution is -2.13. The Hall–Kier alpha value is -3.87. The van der Waals surface area contributed by atoms with Gasteiger partial charge >= 0.3 is 0 Å². The van der Waals surface area contributed by atoms with Gasteiger partial charge in [0, 0.05) is 30.1 Å². The van der Waals surface area contributed by atoms with Crippen molar-refractivity contribution >= 4 is 34.7 Å². The van der Waals surface area contributed by atoms with Gasteiger partial charge in [0.15, 0.2) is 0 Å². The standard InChI is InChI=1S/C22H22N4O3/c1-14-7-8-20(29-3)19(11-14)26-21-12-16(9-10-23-21)22(28)25-18-6-4-5-17(13-18)24-15(2)27/h4-13H,1-3H3,(H,23,26)(H,24,27)(H,25,28). The average Bonchev–Trinajstić information content (AvgIpc) is 2.68. The minimum Gasteiger partial charge on any atom is -0.495 e. The second-order valence-corrected chi connectivity index (χ2v) is 6.47. The molecule has 2 aromatic carbocycles. The van der Waals surface area contributed by atoms with Crippen LogP contribution in [0.15, 0.2) is 60.8 Å². The van der Waals surface area contributed by atoms with Crippen molar-refractivity contribution in [3.8, 4) is 5.75 Å². The monoisotopic (exact) mass is 390 g/mol. The third kappa shape index (κ3) is 5.32. The summed E-state index contributed by atoms with van der Waals surface area (Å²) < 4.78 is 5.37. The van der Waals surface area contributed by atoms with Gasteiger partial charge in [0.25, 0.3) is 5.91 Å². The third-order valence-corrected chi connectivity index (χ3v) is 4.08. The highest BCUT2D eigenvalue weighted by atomic mass is 16.5. The summed E-state index contributed by atoms with van der Waals surface area (Å²) in [6.45, 7) is 3.41. The zero-order valence-corrected chi connectivity index (χ0v) is 16.4. The normalized spacial score (nSPS) is 10.2. The lowest BCUT2D eigenvalue weighted by atomic mass is 10.2. The molecule has 0 bridgehead atoms. The molecule has 7 nitrogen and oxygen atoms in total. The van der Waals surface area contributed by atoms with Crippen molar-refractivity contribution in [2.24, 2.45) is 0 Å². The van der Waals surface area contributed by atoms with Crippen molar-refractivity contribution in [2.75, 3.05) is 23.1 Å². The number of nitrogens with zero attached hydrogens (tertiary/aromatic N) is 1. The molecule has 0 unspecified atom stereocenters. The Morgan fingerprint density at radius 2 is 1.72 bits per heavy atom. The summed E-state index contributed by atoms with van der Waals surface area (Å²) >= 11 is 0. The predicted molar refractivity (Wildman–Crippen MR) is 114 cm³/mol. The topological polar surface area (TPSA) is 92.4 Å². The van der Waals surface area contributed by atoms with E-state index < -0.39 is 0 Å². The van der Waals surface area contributed by atoms with Crippen LogP contribution in [0.2, 0.25) is 0 Å². The molecule has 3 N–H and O–H groups in total. The molecule has 0 aliphatic heterocycles. The molecule has 1 aromatic heterocycles. The fourth-order valence-electron chi connectivity index (χ4n) is 2.78. The molecule has 3 aromatic rings. The molecule has 148 valence electrons. The number of hydrogen-bond acceptors (Lipinski definition) is 5. The van der Waals surface area contributed by atoms with E-state index in [4.69, 9.17) is 4.74 Å². The number of amides is 2. The maximum Gasteiger partial charge on any atom is 0.255 e. The van der Waals surface area contributed by atoms with Crippen molar-refractivity contribution in [2.45, 2.75) is 13.8 Å². The zero-order chi connectivity index (χ0) is 20.8. The van der Waals surface area contributed by atoms with Gasteiger partial charge in [-0.1, -0.05) is 12.1 Å². The van der Waals surface area contributed by atoms with Gasteiger partial charge in [0.2, 0.25) is 5.91 Å². The van der Waals surface area contributed by atoms with Crippen LogP contribution in [-0.4, -0.2) is 23.9 Å². The largest absolute Gasteiger partial charge is 0.495 e. The van der Waals surface area contributed by atoms with Crippen molar-refractivity contribution in [3.63, 3.8) is 0 Å². The van der Waals surface area contributed by atoms with Gasteiger partial charge in [-0.25, -0.2) is 4.98 Å². The number of aryl methyl sites for hydroxylation is 1. The minimum atomic E-state index is -0.286. The molecular weight excluding hydrogens is 368 g/mol. The van der Waals surface area contributed by atoms with Crippen LogP contribution in [0.1, 0.15) is 22.8 Å². The van der Waals surface area contributed by atoms with E-state index in [1.54, 1.807) is 49.7 Å². The first-order valence-electron chi connectivity index (χ1n) is 9.01. The lowest BCUT2D eigenvalue weighted by molar-refractivity contribution is -0.114. The summed E-state index contributed by atoms with van der Waals surface area (Å²) in [5.74, 6) is 0.743. The van der Waals surface area contributed by atoms with E-state index in [0.717, 1.165) is 11.3 Å². The Kier molecular flexibility index (Phi) is 6.09. The Balaban J connectivity index is 1.76. The molecule has 0 saturated heterocycles. The summed E-state index contributed by atoms with van der Waals surface area (Å²) in [7, 11) is 1.60. The molecule has 1 heterocycles. The van der Waals surface area contributed by atoms with Crippen LogP contribution < -0.4 is 20.7 Å². The number of anilines is 4. The van der Waals surface area contributed by atoms with Gasteiger partial charge in [0.1, 0.15) is 11.6 Å². The van der Waals surface area contributed by atoms with Crippen LogP contribution in [0.25, 0.3) is 0 Å². The summed E-state index contributed by atoms with van der Waals surface area (Å²) in [6, 6.07) is 16.0. The average molecular weight is 390 g/mol. The van der Waals surface area contributed by atoms with Crippen molar-refractivity contribution in [1.29, 1.82) is 0 Å². The SMILES string of the molecule is COc1ccc(C)cc1Nc1cc(C(=O)Nc2cccc(NC(C)=O)c2)ccn1. The Morgan fingerprint density at radius 1 is 0.966 bits per heavy atom. The fraction of sp³-hybridized carbons (Fsp3) is 0.136. The molecule has 0 spiro atoms. The molecule has 0 aliphatic rings. The van der Waals surface area contributed by atoms with Crippen molar-refractivity contribution in [1.82, 2.24) is 4.98 Å². The number of nitrogens with one attached hydrogen (secondary N) is 3. The molecule has 0 atom stereocenters. The van der Waals surface area contributed by atoms with Gasteiger partial charge in [-0.3, -0.25) is 9.59 Å². The summed E-state index contributed by atoms with van der Waals surface area (Å²) in [4.78, 5) is 28.1. The fourth-order valence-corrected chi connectivity index (χ4v) is 2.78. The van der Waals surface area contributed by atoms with E-state index in [1.165, 1.54) is 6.92 Å². The minimum absolute atomic E-state index is 0.176. The van der Waals surface area contributed by atoms with E-state index in [2.05, 4.69) is 20.9 Å². The van der Waals surface area contributed by atoms with Crippen molar-refractivity contribution < 1.29 is 14.3 Å². The number of methoxy groups -OCH3 is 1. The molecule has 0 fully saturated rings. The third-order valence-electron chi connectivity index (χ3n) is 4.08. The first-order valence-corrected chi connectivity index (χ1v) is 9.01. The number of benzene rings is 2. The van der Waals surface area contributed by atoms with Crippen LogP contribution in [0, 0.1) is 6.92 Å². The van der Waals surface area contributed by atoms with Crippen LogP contribution in [0.5, 0.6) is 5.75 Å². The predicted octanol–water partition coefficient (Wildman–Crippen LogP) is 4.35. The highest BCUT2D eigenvalue weighted by molar-refractivity contribution is 6.05. The smallest absolute Gasteiger partial charge is 0.255 e. The van der Waals surface area contributed by atoms with Crippen LogP contribution in [0.4, 0.5) is 22.9 Å². The van der Waals surface area contributed by atoms with Crippen LogP contribution >= 0.6 is 0 Å². The van der Waals surface area contributed by atoms with Crippen LogP contribution in [0.3, 0.4) is 0 Å². The van der Waals surface area contributed by atoms with Gasteiger partial charge in [-0.05, 0) is 55.0 Å². The molecule has 3 rings (SSSR count). The number of carbonyl (C=O) groups is 2. The molecule has 0 saturated carbocycles. The van der Waals surface area contributed by atoms with Gasteiger partial charge < -0.3 is 20.7 Å². The second-order valence-electron chi connectivity index (χ2n) is 6.47. The zero-order valence-electron chi connectivity index (χ0n) is 16.4. The molecule has 0 radical (unpaired) electrons. The summed E-state index contributed by atoms with van der Waals surface area (Å²) in [5, 5.41) is 8.70. The number of aromatic nitrogens is 1. The van der Waals surface area contributed by atoms with Gasteiger partial charge in [0.05, 0.1) is 12.8 Å². The molecular formula is C22H22N4O3. The highest BCUT2D eigenvalue weighted by Gasteiger charge is 2.10. The van der Waals surface area contributed by atoms with E-state index in [0.29, 0.717) is 28.5 Å².